The van der Waals surface area contributed by atoms with Crippen molar-refractivity contribution < 1.29 is 0 Å². The molecule has 104 valence electrons. The molecule has 3 aromatic rings. The summed E-state index contributed by atoms with van der Waals surface area (Å²) in [4.78, 5) is 3.28. The van der Waals surface area contributed by atoms with E-state index in [9.17, 15) is 0 Å². The van der Waals surface area contributed by atoms with Crippen molar-refractivity contribution in [1.82, 2.24) is 19.3 Å². The number of benzene rings is 1. The van der Waals surface area contributed by atoms with Crippen LogP contribution in [-0.4, -0.2) is 19.3 Å². The lowest BCUT2D eigenvalue weighted by molar-refractivity contribution is 0.748. The number of nitrogens with zero attached hydrogens (tertiary/aromatic N) is 3. The molecule has 1 aromatic carbocycles. The van der Waals surface area contributed by atoms with E-state index in [4.69, 9.17) is 12.2 Å². The van der Waals surface area contributed by atoms with Gasteiger partial charge in [-0.25, -0.2) is 4.68 Å². The summed E-state index contributed by atoms with van der Waals surface area (Å²) in [5, 5.41) is 4.54. The van der Waals surface area contributed by atoms with Crippen LogP contribution in [0.2, 0.25) is 0 Å². The molecule has 0 spiro atoms. The number of imidazole rings is 1. The van der Waals surface area contributed by atoms with Crippen LogP contribution in [0.4, 0.5) is 0 Å². The second-order valence-electron chi connectivity index (χ2n) is 4.82. The van der Waals surface area contributed by atoms with Crippen molar-refractivity contribution in [2.24, 2.45) is 7.05 Å². The summed E-state index contributed by atoms with van der Waals surface area (Å²) in [6.07, 6.45) is 0.879. The van der Waals surface area contributed by atoms with Crippen LogP contribution in [0, 0.1) is 11.7 Å². The molecule has 0 amide bonds. The summed E-state index contributed by atoms with van der Waals surface area (Å²) in [5.74, 6) is 0. The molecule has 1 N–H and O–H groups in total. The van der Waals surface area contributed by atoms with Crippen LogP contribution < -0.4 is 0 Å². The van der Waals surface area contributed by atoms with Gasteiger partial charge in [0.1, 0.15) is 5.52 Å². The summed E-state index contributed by atoms with van der Waals surface area (Å²) in [5.41, 5.74) is 5.30. The van der Waals surface area contributed by atoms with Crippen molar-refractivity contribution in [2.45, 2.75) is 20.3 Å². The Bertz CT molecular complexity index is 856. The Hall–Kier alpha value is -1.40. The van der Waals surface area contributed by atoms with Gasteiger partial charge in [-0.05, 0) is 43.3 Å². The highest BCUT2D eigenvalue weighted by Gasteiger charge is 2.15. The number of nitrogens with one attached hydrogen (secondary N) is 1. The molecule has 0 aliphatic carbocycles. The molecule has 0 aliphatic rings. The number of rotatable bonds is 2. The molecule has 4 nitrogen and oxygen atoms in total. The first-order chi connectivity index (χ1) is 9.52. The fourth-order valence-electron chi connectivity index (χ4n) is 2.42. The lowest BCUT2D eigenvalue weighted by atomic mass is 10.2. The summed E-state index contributed by atoms with van der Waals surface area (Å²) < 4.78 is 5.68. The van der Waals surface area contributed by atoms with Crippen molar-refractivity contribution >= 4 is 39.3 Å². The molecule has 0 fully saturated rings. The van der Waals surface area contributed by atoms with E-state index < -0.39 is 0 Å². The van der Waals surface area contributed by atoms with Crippen molar-refractivity contribution in [3.63, 3.8) is 0 Å². The summed E-state index contributed by atoms with van der Waals surface area (Å²) in [7, 11) is 1.95. The lowest BCUT2D eigenvalue weighted by Crippen LogP contribution is -2.01. The molecule has 2 heterocycles. The zero-order valence-corrected chi connectivity index (χ0v) is 14.0. The Morgan fingerprint density at radius 1 is 1.40 bits per heavy atom. The van der Waals surface area contributed by atoms with E-state index in [1.165, 1.54) is 5.56 Å². The SMILES string of the molecule is CCc1nn(C)c2c1[nH]c(=S)n2-c1ccc(C)c(Br)c1. The van der Waals surface area contributed by atoms with Gasteiger partial charge in [0.05, 0.1) is 11.4 Å². The minimum absolute atomic E-state index is 0.693. The molecule has 2 aromatic heterocycles. The van der Waals surface area contributed by atoms with Crippen molar-refractivity contribution in [1.29, 1.82) is 0 Å². The maximum absolute atomic E-state index is 5.48. The second-order valence-corrected chi connectivity index (χ2v) is 6.06. The number of aromatic amines is 1. The van der Waals surface area contributed by atoms with E-state index in [0.29, 0.717) is 4.77 Å². The number of aryl methyl sites for hydroxylation is 3. The minimum Gasteiger partial charge on any atom is -0.327 e. The van der Waals surface area contributed by atoms with Crippen LogP contribution in [0.1, 0.15) is 18.2 Å². The third kappa shape index (κ3) is 1.94. The maximum atomic E-state index is 5.48. The van der Waals surface area contributed by atoms with Crippen molar-refractivity contribution in [3.8, 4) is 5.69 Å². The van der Waals surface area contributed by atoms with Gasteiger partial charge in [0.2, 0.25) is 0 Å². The third-order valence-electron chi connectivity index (χ3n) is 3.48. The quantitative estimate of drug-likeness (QED) is 0.708. The lowest BCUT2D eigenvalue weighted by Gasteiger charge is -2.07. The van der Waals surface area contributed by atoms with E-state index in [-0.39, 0.29) is 0 Å². The van der Waals surface area contributed by atoms with Gasteiger partial charge in [-0.15, -0.1) is 0 Å². The molecule has 0 saturated heterocycles. The monoisotopic (exact) mass is 350 g/mol. The van der Waals surface area contributed by atoms with Gasteiger partial charge in [-0.1, -0.05) is 28.9 Å². The average Bonchev–Trinajstić information content (AvgIpc) is 2.90. The summed E-state index contributed by atoms with van der Waals surface area (Å²) in [6, 6.07) is 6.23. The fourth-order valence-corrected chi connectivity index (χ4v) is 3.08. The highest BCUT2D eigenvalue weighted by molar-refractivity contribution is 9.10. The van der Waals surface area contributed by atoms with Gasteiger partial charge in [0.15, 0.2) is 10.4 Å². The van der Waals surface area contributed by atoms with Crippen LogP contribution in [0.25, 0.3) is 16.9 Å². The van der Waals surface area contributed by atoms with Crippen LogP contribution >= 0.6 is 28.1 Å². The van der Waals surface area contributed by atoms with Gasteiger partial charge < -0.3 is 4.98 Å². The molecule has 0 saturated carbocycles. The normalized spacial score (nSPS) is 11.4. The highest BCUT2D eigenvalue weighted by atomic mass is 79.9. The standard InChI is InChI=1S/C14H15BrN4S/c1-4-11-12-13(18(3)17-11)19(14(20)16-12)9-6-5-8(2)10(15)7-9/h5-7H,4H2,1-3H3,(H,16,20). The zero-order chi connectivity index (χ0) is 14.4. The smallest absolute Gasteiger partial charge is 0.184 e. The largest absolute Gasteiger partial charge is 0.327 e. The topological polar surface area (TPSA) is 38.5 Å². The van der Waals surface area contributed by atoms with Crippen LogP contribution in [0.15, 0.2) is 22.7 Å². The van der Waals surface area contributed by atoms with Crippen molar-refractivity contribution in [2.75, 3.05) is 0 Å². The molecule has 0 radical (unpaired) electrons. The molecule has 3 rings (SSSR count). The molecule has 0 atom stereocenters. The third-order valence-corrected chi connectivity index (χ3v) is 4.62. The second kappa shape index (κ2) is 4.86. The van der Waals surface area contributed by atoms with E-state index in [1.807, 2.05) is 16.3 Å². The molecule has 20 heavy (non-hydrogen) atoms. The molecular weight excluding hydrogens is 336 g/mol. The molecule has 0 bridgehead atoms. The number of H-pyrrole nitrogens is 1. The molecule has 6 heteroatoms. The number of halogens is 1. The average molecular weight is 351 g/mol. The summed E-state index contributed by atoms with van der Waals surface area (Å²) >= 11 is 9.06. The Labute approximate surface area is 130 Å². The van der Waals surface area contributed by atoms with Gasteiger partial charge in [-0.2, -0.15) is 5.10 Å². The number of aromatic nitrogens is 4. The zero-order valence-electron chi connectivity index (χ0n) is 11.6. The Balaban J connectivity index is 2.35. The predicted molar refractivity (Wildman–Crippen MR) is 87.0 cm³/mol. The molecule has 0 aliphatic heterocycles. The Morgan fingerprint density at radius 2 is 2.15 bits per heavy atom. The van der Waals surface area contributed by atoms with Gasteiger partial charge in [0.25, 0.3) is 0 Å². The number of hydrogen-bond acceptors (Lipinski definition) is 2. The number of fused-ring (bicyclic) bond motifs is 1. The van der Waals surface area contributed by atoms with Gasteiger partial charge in [-0.3, -0.25) is 4.57 Å². The van der Waals surface area contributed by atoms with Gasteiger partial charge >= 0.3 is 0 Å². The molecule has 0 unspecified atom stereocenters. The van der Waals surface area contributed by atoms with E-state index in [0.717, 1.165) is 33.4 Å². The summed E-state index contributed by atoms with van der Waals surface area (Å²) in [6.45, 7) is 4.16. The predicted octanol–water partition coefficient (Wildman–Crippen LogP) is 4.05. The van der Waals surface area contributed by atoms with E-state index in [2.05, 4.69) is 58.1 Å². The Kier molecular flexibility index (Phi) is 3.30. The number of hydrogen-bond donors (Lipinski definition) is 1. The van der Waals surface area contributed by atoms with Crippen LogP contribution in [-0.2, 0) is 13.5 Å². The van der Waals surface area contributed by atoms with Crippen LogP contribution in [0.5, 0.6) is 0 Å². The maximum Gasteiger partial charge on any atom is 0.184 e. The van der Waals surface area contributed by atoms with E-state index in [1.54, 1.807) is 0 Å². The first kappa shape index (κ1) is 13.6. The van der Waals surface area contributed by atoms with Crippen molar-refractivity contribution in [3.05, 3.63) is 38.7 Å². The Morgan fingerprint density at radius 3 is 2.80 bits per heavy atom. The fraction of sp³-hybridized carbons (Fsp3) is 0.286. The minimum atomic E-state index is 0.693. The highest BCUT2D eigenvalue weighted by Crippen LogP contribution is 2.25. The molecular formula is C14H15BrN4S. The van der Waals surface area contributed by atoms with Gasteiger partial charge in [0, 0.05) is 11.5 Å². The van der Waals surface area contributed by atoms with Crippen LogP contribution in [0.3, 0.4) is 0 Å². The first-order valence-electron chi connectivity index (χ1n) is 6.46. The first-order valence-corrected chi connectivity index (χ1v) is 7.66. The van der Waals surface area contributed by atoms with E-state index >= 15 is 0 Å².